The first-order valence-electron chi connectivity index (χ1n) is 6.55. The zero-order valence-electron chi connectivity index (χ0n) is 11.7. The van der Waals surface area contributed by atoms with E-state index in [1.165, 1.54) is 0 Å². The molecule has 0 saturated heterocycles. The summed E-state index contributed by atoms with van der Waals surface area (Å²) < 4.78 is 1.61. The average molecular weight is 267 g/mol. The highest BCUT2D eigenvalue weighted by atomic mass is 16.4. The zero-order chi connectivity index (χ0) is 14.4. The number of carboxylic acid groups (broad SMARTS) is 1. The van der Waals surface area contributed by atoms with Crippen LogP contribution in [0.4, 0.5) is 5.82 Å². The summed E-state index contributed by atoms with van der Waals surface area (Å²) in [5.41, 5.74) is -0.163. The van der Waals surface area contributed by atoms with Gasteiger partial charge < -0.3 is 14.6 Å². The molecule has 0 bridgehead atoms. The minimum atomic E-state index is -0.879. The van der Waals surface area contributed by atoms with Gasteiger partial charge in [-0.2, -0.15) is 0 Å². The number of aromatic nitrogens is 2. The molecular weight excluding hydrogens is 246 g/mol. The van der Waals surface area contributed by atoms with Gasteiger partial charge in [-0.1, -0.05) is 6.92 Å². The summed E-state index contributed by atoms with van der Waals surface area (Å²) in [6, 6.07) is -0.264. The van der Waals surface area contributed by atoms with Crippen LogP contribution in [0.15, 0.2) is 17.2 Å². The molecule has 0 fully saturated rings. The predicted octanol–water partition coefficient (Wildman–Crippen LogP) is 1.34. The van der Waals surface area contributed by atoms with Crippen LogP contribution in [-0.4, -0.2) is 33.2 Å². The molecule has 1 atom stereocenters. The maximum atomic E-state index is 12.3. The molecule has 0 spiro atoms. The molecule has 0 aliphatic carbocycles. The fraction of sp³-hybridized carbons (Fsp3) is 0.615. The van der Waals surface area contributed by atoms with Crippen LogP contribution < -0.4 is 10.5 Å². The van der Waals surface area contributed by atoms with Crippen LogP contribution in [0.1, 0.15) is 33.6 Å². The van der Waals surface area contributed by atoms with E-state index in [1.54, 1.807) is 28.8 Å². The summed E-state index contributed by atoms with van der Waals surface area (Å²) in [7, 11) is 0. The highest BCUT2D eigenvalue weighted by Crippen LogP contribution is 2.11. The minimum Gasteiger partial charge on any atom is -0.481 e. The lowest BCUT2D eigenvalue weighted by molar-refractivity contribution is -0.137. The molecule has 1 heterocycles. The van der Waals surface area contributed by atoms with Crippen molar-refractivity contribution in [1.82, 2.24) is 9.55 Å². The molecule has 0 aromatic carbocycles. The third-order valence-corrected chi connectivity index (χ3v) is 2.97. The van der Waals surface area contributed by atoms with E-state index >= 15 is 0 Å². The van der Waals surface area contributed by atoms with E-state index in [9.17, 15) is 9.59 Å². The second-order valence-corrected chi connectivity index (χ2v) is 4.48. The van der Waals surface area contributed by atoms with Gasteiger partial charge in [0.05, 0.1) is 6.42 Å². The molecule has 1 aromatic heterocycles. The van der Waals surface area contributed by atoms with Crippen molar-refractivity contribution in [2.24, 2.45) is 0 Å². The van der Waals surface area contributed by atoms with Gasteiger partial charge in [-0.05, 0) is 20.3 Å². The van der Waals surface area contributed by atoms with Gasteiger partial charge in [0.25, 0.3) is 5.56 Å². The van der Waals surface area contributed by atoms with Crippen LogP contribution in [0.5, 0.6) is 0 Å². The molecule has 1 unspecified atom stereocenters. The Morgan fingerprint density at radius 2 is 2.21 bits per heavy atom. The standard InChI is InChI=1S/C13H21N3O3/c1-4-7-15-8-6-14-12(13(15)19)16(5-2)10(3)9-11(17)18/h6,8,10H,4-5,7,9H2,1-3H3,(H,17,18). The Balaban J connectivity index is 3.08. The van der Waals surface area contributed by atoms with Gasteiger partial charge in [0.2, 0.25) is 0 Å². The van der Waals surface area contributed by atoms with Crippen molar-refractivity contribution >= 4 is 11.8 Å². The van der Waals surface area contributed by atoms with Crippen molar-refractivity contribution in [2.45, 2.75) is 46.2 Å². The molecule has 6 nitrogen and oxygen atoms in total. The number of carbonyl (C=O) groups is 1. The van der Waals surface area contributed by atoms with Crippen molar-refractivity contribution in [2.75, 3.05) is 11.4 Å². The minimum absolute atomic E-state index is 0.0162. The number of aliphatic carboxylic acids is 1. The van der Waals surface area contributed by atoms with Gasteiger partial charge in [0, 0.05) is 31.5 Å². The van der Waals surface area contributed by atoms with Gasteiger partial charge >= 0.3 is 5.97 Å². The Bertz CT molecular complexity index is 484. The number of hydrogen-bond acceptors (Lipinski definition) is 4. The molecule has 1 N–H and O–H groups in total. The number of hydrogen-bond donors (Lipinski definition) is 1. The van der Waals surface area contributed by atoms with Gasteiger partial charge in [-0.25, -0.2) is 4.98 Å². The first-order valence-corrected chi connectivity index (χ1v) is 6.55. The van der Waals surface area contributed by atoms with Gasteiger partial charge in [-0.15, -0.1) is 0 Å². The molecule has 0 aliphatic rings. The molecular formula is C13H21N3O3. The second-order valence-electron chi connectivity index (χ2n) is 4.48. The van der Waals surface area contributed by atoms with Crippen molar-refractivity contribution in [3.8, 4) is 0 Å². The summed E-state index contributed by atoms with van der Waals surface area (Å²) in [5, 5.41) is 8.85. The summed E-state index contributed by atoms with van der Waals surface area (Å²) in [5.74, 6) is -0.553. The predicted molar refractivity (Wildman–Crippen MR) is 73.5 cm³/mol. The molecule has 0 radical (unpaired) electrons. The molecule has 0 amide bonds. The van der Waals surface area contributed by atoms with Gasteiger partial charge in [0.1, 0.15) is 0 Å². The fourth-order valence-electron chi connectivity index (χ4n) is 2.08. The van der Waals surface area contributed by atoms with Crippen molar-refractivity contribution in [3.63, 3.8) is 0 Å². The van der Waals surface area contributed by atoms with Crippen molar-refractivity contribution < 1.29 is 9.90 Å². The normalized spacial score (nSPS) is 12.2. The number of nitrogens with zero attached hydrogens (tertiary/aromatic N) is 3. The lowest BCUT2D eigenvalue weighted by Gasteiger charge is -2.27. The summed E-state index contributed by atoms with van der Waals surface area (Å²) in [4.78, 5) is 28.9. The van der Waals surface area contributed by atoms with Crippen LogP contribution in [-0.2, 0) is 11.3 Å². The van der Waals surface area contributed by atoms with E-state index in [1.807, 2.05) is 13.8 Å². The highest BCUT2D eigenvalue weighted by Gasteiger charge is 2.20. The van der Waals surface area contributed by atoms with Gasteiger partial charge in [0.15, 0.2) is 5.82 Å². The molecule has 19 heavy (non-hydrogen) atoms. The van der Waals surface area contributed by atoms with E-state index in [4.69, 9.17) is 5.11 Å². The van der Waals surface area contributed by atoms with E-state index < -0.39 is 5.97 Å². The maximum Gasteiger partial charge on any atom is 0.305 e. The lowest BCUT2D eigenvalue weighted by Crippen LogP contribution is -2.40. The Hall–Kier alpha value is -1.85. The Morgan fingerprint density at radius 1 is 1.53 bits per heavy atom. The third-order valence-electron chi connectivity index (χ3n) is 2.97. The third kappa shape index (κ3) is 3.81. The smallest absolute Gasteiger partial charge is 0.305 e. The Kier molecular flexibility index (Phi) is 5.54. The molecule has 0 aliphatic heterocycles. The maximum absolute atomic E-state index is 12.3. The number of anilines is 1. The largest absolute Gasteiger partial charge is 0.481 e. The van der Waals surface area contributed by atoms with Crippen LogP contribution >= 0.6 is 0 Å². The van der Waals surface area contributed by atoms with Crippen molar-refractivity contribution in [3.05, 3.63) is 22.7 Å². The van der Waals surface area contributed by atoms with Crippen molar-refractivity contribution in [1.29, 1.82) is 0 Å². The van der Waals surface area contributed by atoms with E-state index in [2.05, 4.69) is 4.98 Å². The summed E-state index contributed by atoms with van der Waals surface area (Å²) >= 11 is 0. The van der Waals surface area contributed by atoms with Crippen LogP contribution in [0.25, 0.3) is 0 Å². The molecule has 1 aromatic rings. The second kappa shape index (κ2) is 6.92. The van der Waals surface area contributed by atoms with Gasteiger partial charge in [-0.3, -0.25) is 9.59 Å². The quantitative estimate of drug-likeness (QED) is 0.807. The highest BCUT2D eigenvalue weighted by molar-refractivity contribution is 5.68. The zero-order valence-corrected chi connectivity index (χ0v) is 11.7. The summed E-state index contributed by atoms with van der Waals surface area (Å²) in [6.07, 6.45) is 4.09. The van der Waals surface area contributed by atoms with E-state index in [0.29, 0.717) is 18.9 Å². The number of aryl methyl sites for hydroxylation is 1. The van der Waals surface area contributed by atoms with Crippen LogP contribution in [0.2, 0.25) is 0 Å². The molecule has 1 rings (SSSR count). The topological polar surface area (TPSA) is 75.4 Å². The molecule has 6 heteroatoms. The first kappa shape index (κ1) is 15.2. The van der Waals surface area contributed by atoms with E-state index in [-0.39, 0.29) is 18.0 Å². The number of rotatable bonds is 7. The van der Waals surface area contributed by atoms with Crippen LogP contribution in [0, 0.1) is 0 Å². The monoisotopic (exact) mass is 267 g/mol. The summed E-state index contributed by atoms with van der Waals surface area (Å²) in [6.45, 7) is 6.86. The molecule has 0 saturated carbocycles. The number of carboxylic acids is 1. The Morgan fingerprint density at radius 3 is 2.74 bits per heavy atom. The fourth-order valence-corrected chi connectivity index (χ4v) is 2.08. The van der Waals surface area contributed by atoms with E-state index in [0.717, 1.165) is 6.42 Å². The molecule has 106 valence electrons. The average Bonchev–Trinajstić information content (AvgIpc) is 2.34. The Labute approximate surface area is 112 Å². The van der Waals surface area contributed by atoms with Crippen LogP contribution in [0.3, 0.4) is 0 Å². The first-order chi connectivity index (χ1) is 9.01. The lowest BCUT2D eigenvalue weighted by atomic mass is 10.2. The SMILES string of the molecule is CCCn1ccnc(N(CC)C(C)CC(=O)O)c1=O.